The fraction of sp³-hybridized carbons (Fsp3) is 0.231. The molecular formula is C13H13F2N3O2. The fourth-order valence-corrected chi connectivity index (χ4v) is 1.55. The Labute approximate surface area is 113 Å². The highest BCUT2D eigenvalue weighted by atomic mass is 19.3. The number of hydrogen-bond donors (Lipinski definition) is 2. The average molecular weight is 281 g/mol. The topological polar surface area (TPSA) is 67.2 Å². The van der Waals surface area contributed by atoms with Gasteiger partial charge in [0.25, 0.3) is 12.3 Å². The maximum atomic E-state index is 12.1. The summed E-state index contributed by atoms with van der Waals surface area (Å²) in [6.45, 7) is -0.519. The number of rotatable bonds is 5. The molecule has 1 atom stereocenters. The van der Waals surface area contributed by atoms with Crippen LogP contribution in [0, 0.1) is 0 Å². The lowest BCUT2D eigenvalue weighted by atomic mass is 10.3. The maximum Gasteiger partial charge on any atom is 0.271 e. The second-order valence-electron chi connectivity index (χ2n) is 4.09. The molecule has 1 aromatic heterocycles. The number of carbonyl (C=O) groups excluding carboxylic acids is 1. The van der Waals surface area contributed by atoms with Crippen LogP contribution in [0.2, 0.25) is 0 Å². The molecule has 0 fully saturated rings. The van der Waals surface area contributed by atoms with Gasteiger partial charge in [-0.1, -0.05) is 18.2 Å². The highest BCUT2D eigenvalue weighted by Crippen LogP contribution is 2.07. The average Bonchev–Trinajstić information content (AvgIpc) is 2.95. The molecule has 2 rings (SSSR count). The van der Waals surface area contributed by atoms with Gasteiger partial charge < -0.3 is 10.4 Å². The van der Waals surface area contributed by atoms with E-state index in [1.165, 1.54) is 10.7 Å². The summed E-state index contributed by atoms with van der Waals surface area (Å²) in [6, 6.07) is 10.6. The van der Waals surface area contributed by atoms with Crippen LogP contribution in [0.15, 0.2) is 42.6 Å². The first-order valence-electron chi connectivity index (χ1n) is 5.93. The number of hydrogen-bond acceptors (Lipinski definition) is 3. The molecule has 7 heteroatoms. The third-order valence-electron chi connectivity index (χ3n) is 2.61. The van der Waals surface area contributed by atoms with Crippen molar-refractivity contribution in [2.75, 3.05) is 6.54 Å². The van der Waals surface area contributed by atoms with Crippen molar-refractivity contribution in [3.63, 3.8) is 0 Å². The molecule has 0 saturated carbocycles. The monoisotopic (exact) mass is 281 g/mol. The predicted octanol–water partition coefficient (Wildman–Crippen LogP) is 1.23. The van der Waals surface area contributed by atoms with E-state index in [2.05, 4.69) is 10.4 Å². The van der Waals surface area contributed by atoms with Crippen molar-refractivity contribution in [1.82, 2.24) is 15.1 Å². The smallest absolute Gasteiger partial charge is 0.271 e. The van der Waals surface area contributed by atoms with E-state index in [1.807, 2.05) is 30.3 Å². The number of halogens is 2. The number of benzene rings is 1. The highest BCUT2D eigenvalue weighted by Gasteiger charge is 2.18. The molecule has 5 nitrogen and oxygen atoms in total. The number of aliphatic hydroxyl groups is 1. The molecule has 0 radical (unpaired) electrons. The Morgan fingerprint density at radius 2 is 2.00 bits per heavy atom. The number of nitrogens with one attached hydrogen (secondary N) is 1. The minimum atomic E-state index is -2.89. The van der Waals surface area contributed by atoms with E-state index in [-0.39, 0.29) is 5.69 Å². The summed E-state index contributed by atoms with van der Waals surface area (Å²) in [7, 11) is 0. The number of aliphatic hydroxyl groups excluding tert-OH is 1. The molecule has 0 aliphatic carbocycles. The molecule has 2 aromatic rings. The first-order valence-corrected chi connectivity index (χ1v) is 5.93. The third-order valence-corrected chi connectivity index (χ3v) is 2.61. The Kier molecular flexibility index (Phi) is 4.41. The Bertz CT molecular complexity index is 572. The van der Waals surface area contributed by atoms with Gasteiger partial charge >= 0.3 is 0 Å². The quantitative estimate of drug-likeness (QED) is 0.866. The van der Waals surface area contributed by atoms with Crippen LogP contribution < -0.4 is 5.32 Å². The SMILES string of the molecule is O=C(NCC(O)C(F)F)c1ccn(-c2ccccc2)n1. The van der Waals surface area contributed by atoms with Crippen LogP contribution >= 0.6 is 0 Å². The maximum absolute atomic E-state index is 12.1. The number of amides is 1. The minimum absolute atomic E-state index is 0.0929. The van der Waals surface area contributed by atoms with Crippen LogP contribution in [0.25, 0.3) is 5.69 Å². The molecule has 106 valence electrons. The van der Waals surface area contributed by atoms with Crippen molar-refractivity contribution in [3.05, 3.63) is 48.3 Å². The molecule has 20 heavy (non-hydrogen) atoms. The fourth-order valence-electron chi connectivity index (χ4n) is 1.55. The summed E-state index contributed by atoms with van der Waals surface area (Å²) in [4.78, 5) is 11.7. The zero-order chi connectivity index (χ0) is 14.5. The molecule has 0 saturated heterocycles. The summed E-state index contributed by atoms with van der Waals surface area (Å²) in [5.74, 6) is -0.612. The zero-order valence-electron chi connectivity index (χ0n) is 10.4. The first kappa shape index (κ1) is 14.1. The number of nitrogens with zero attached hydrogens (tertiary/aromatic N) is 2. The minimum Gasteiger partial charge on any atom is -0.385 e. The van der Waals surface area contributed by atoms with Gasteiger partial charge in [0.1, 0.15) is 6.10 Å². The van der Waals surface area contributed by atoms with E-state index in [4.69, 9.17) is 5.11 Å². The second kappa shape index (κ2) is 6.25. The molecule has 0 aliphatic rings. The zero-order valence-corrected chi connectivity index (χ0v) is 10.4. The van der Waals surface area contributed by atoms with Crippen LogP contribution in [0.1, 0.15) is 10.5 Å². The van der Waals surface area contributed by atoms with Crippen LogP contribution in [0.4, 0.5) is 8.78 Å². The van der Waals surface area contributed by atoms with Gasteiger partial charge in [0.05, 0.1) is 5.69 Å². The van der Waals surface area contributed by atoms with Crippen LogP contribution in [0.5, 0.6) is 0 Å². The van der Waals surface area contributed by atoms with Gasteiger partial charge in [-0.2, -0.15) is 5.10 Å². The van der Waals surface area contributed by atoms with Gasteiger partial charge in [0.2, 0.25) is 0 Å². The van der Waals surface area contributed by atoms with Gasteiger partial charge in [0, 0.05) is 12.7 Å². The second-order valence-corrected chi connectivity index (χ2v) is 4.09. The summed E-state index contributed by atoms with van der Waals surface area (Å²) >= 11 is 0. The highest BCUT2D eigenvalue weighted by molar-refractivity contribution is 5.92. The summed E-state index contributed by atoms with van der Waals surface area (Å²) in [5, 5.41) is 15.2. The van der Waals surface area contributed by atoms with E-state index in [9.17, 15) is 13.6 Å². The molecule has 1 amide bonds. The van der Waals surface area contributed by atoms with E-state index in [0.717, 1.165) is 5.69 Å². The van der Waals surface area contributed by atoms with Crippen LogP contribution in [-0.2, 0) is 0 Å². The van der Waals surface area contributed by atoms with E-state index in [0.29, 0.717) is 0 Å². The summed E-state index contributed by atoms with van der Waals surface area (Å²) in [5.41, 5.74) is 0.870. The lowest BCUT2D eigenvalue weighted by Gasteiger charge is -2.09. The molecule has 0 aliphatic heterocycles. The molecule has 0 bridgehead atoms. The molecule has 1 heterocycles. The van der Waals surface area contributed by atoms with E-state index >= 15 is 0 Å². The molecular weight excluding hydrogens is 268 g/mol. The number of carbonyl (C=O) groups is 1. The van der Waals surface area contributed by atoms with Crippen LogP contribution in [0.3, 0.4) is 0 Å². The van der Waals surface area contributed by atoms with E-state index in [1.54, 1.807) is 6.20 Å². The Morgan fingerprint density at radius 3 is 2.65 bits per heavy atom. The molecule has 1 aromatic carbocycles. The number of aromatic nitrogens is 2. The van der Waals surface area contributed by atoms with Crippen molar-refractivity contribution in [2.24, 2.45) is 0 Å². The van der Waals surface area contributed by atoms with E-state index < -0.39 is 25.0 Å². The van der Waals surface area contributed by atoms with Gasteiger partial charge in [-0.15, -0.1) is 0 Å². The van der Waals surface area contributed by atoms with Crippen molar-refractivity contribution >= 4 is 5.91 Å². The molecule has 0 spiro atoms. The van der Waals surface area contributed by atoms with Gasteiger partial charge in [-0.3, -0.25) is 4.79 Å². The van der Waals surface area contributed by atoms with Gasteiger partial charge in [-0.05, 0) is 18.2 Å². The van der Waals surface area contributed by atoms with Gasteiger partial charge in [0.15, 0.2) is 5.69 Å². The lowest BCUT2D eigenvalue weighted by Crippen LogP contribution is -2.36. The summed E-state index contributed by atoms with van der Waals surface area (Å²) in [6.07, 6.45) is -3.18. The van der Waals surface area contributed by atoms with Crippen molar-refractivity contribution < 1.29 is 18.7 Å². The normalized spacial score (nSPS) is 12.4. The van der Waals surface area contributed by atoms with Crippen molar-refractivity contribution in [3.8, 4) is 5.69 Å². The van der Waals surface area contributed by atoms with Gasteiger partial charge in [-0.25, -0.2) is 13.5 Å². The Morgan fingerprint density at radius 1 is 1.30 bits per heavy atom. The van der Waals surface area contributed by atoms with Crippen molar-refractivity contribution in [1.29, 1.82) is 0 Å². The largest absolute Gasteiger partial charge is 0.385 e. The number of para-hydroxylation sites is 1. The number of alkyl halides is 2. The Balaban J connectivity index is 2.00. The predicted molar refractivity (Wildman–Crippen MR) is 67.9 cm³/mol. The standard InChI is InChI=1S/C13H13F2N3O2/c14-12(15)11(19)8-16-13(20)10-6-7-18(17-10)9-4-2-1-3-5-9/h1-7,11-12,19H,8H2,(H,16,20). The molecule has 2 N–H and O–H groups in total. The first-order chi connectivity index (χ1) is 9.58. The Hall–Kier alpha value is -2.28. The summed E-state index contributed by atoms with van der Waals surface area (Å²) < 4.78 is 25.7. The van der Waals surface area contributed by atoms with Crippen LogP contribution in [-0.4, -0.2) is 39.9 Å². The van der Waals surface area contributed by atoms with Crippen molar-refractivity contribution in [2.45, 2.75) is 12.5 Å². The molecule has 1 unspecified atom stereocenters. The third kappa shape index (κ3) is 3.39. The lowest BCUT2D eigenvalue weighted by molar-refractivity contribution is -0.00273.